The number of methoxy groups -OCH3 is 1. The summed E-state index contributed by atoms with van der Waals surface area (Å²) in [5.41, 5.74) is -0.635. The van der Waals surface area contributed by atoms with E-state index in [1.54, 1.807) is 13.8 Å². The molecule has 0 atom stereocenters. The van der Waals surface area contributed by atoms with E-state index < -0.39 is 15.4 Å². The lowest BCUT2D eigenvalue weighted by Crippen LogP contribution is -2.39. The van der Waals surface area contributed by atoms with Crippen LogP contribution in [0.2, 0.25) is 0 Å². The van der Waals surface area contributed by atoms with Gasteiger partial charge in [-0.05, 0) is 38.1 Å². The van der Waals surface area contributed by atoms with Crippen LogP contribution in [0.1, 0.15) is 19.5 Å². The first-order valence-corrected chi connectivity index (χ1v) is 9.08. The molecule has 3 N–H and O–H groups in total. The fraction of sp³-hybridized carbons (Fsp3) is 0.312. The maximum Gasteiger partial charge on any atom is 0.322 e. The van der Waals surface area contributed by atoms with Gasteiger partial charge in [-0.1, -0.05) is 0 Å². The molecule has 0 saturated heterocycles. The number of carbonyl (C=O) groups excluding carboxylic acids is 1. The molecule has 0 aliphatic heterocycles. The van der Waals surface area contributed by atoms with Gasteiger partial charge in [-0.3, -0.25) is 4.79 Å². The van der Waals surface area contributed by atoms with Crippen LogP contribution >= 0.6 is 0 Å². The summed E-state index contributed by atoms with van der Waals surface area (Å²) < 4.78 is 33.4. The first-order valence-electron chi connectivity index (χ1n) is 7.54. The molecule has 0 unspecified atom stereocenters. The molecule has 1 amide bonds. The summed E-state index contributed by atoms with van der Waals surface area (Å²) in [6.45, 7) is 3.39. The Hall–Kier alpha value is -2.72. The van der Waals surface area contributed by atoms with Crippen molar-refractivity contribution in [2.24, 2.45) is 5.14 Å². The highest BCUT2D eigenvalue weighted by Crippen LogP contribution is 2.31. The van der Waals surface area contributed by atoms with Crippen LogP contribution in [-0.2, 0) is 20.2 Å². The normalized spacial score (nSPS) is 11.7. The van der Waals surface area contributed by atoms with Gasteiger partial charge < -0.3 is 14.8 Å². The van der Waals surface area contributed by atoms with Gasteiger partial charge in [0.1, 0.15) is 11.4 Å². The zero-order valence-electron chi connectivity index (χ0n) is 14.8. The van der Waals surface area contributed by atoms with Crippen molar-refractivity contribution in [1.82, 2.24) is 15.3 Å². The third-order valence-electron chi connectivity index (χ3n) is 3.70. The van der Waals surface area contributed by atoms with E-state index in [9.17, 15) is 13.2 Å². The van der Waals surface area contributed by atoms with Crippen LogP contribution in [0.15, 0.2) is 35.4 Å². The van der Waals surface area contributed by atoms with E-state index in [2.05, 4.69) is 15.3 Å². The van der Waals surface area contributed by atoms with Crippen molar-refractivity contribution < 1.29 is 22.7 Å². The number of nitrogens with zero attached hydrogens (tertiary/aromatic N) is 2. The number of amides is 1. The first-order chi connectivity index (χ1) is 12.1. The number of ether oxygens (including phenoxy) is 2. The minimum absolute atomic E-state index is 0.0128. The molecular formula is C16H20N4O5S. The predicted octanol–water partition coefficient (Wildman–Crippen LogP) is 0.948. The Kier molecular flexibility index (Phi) is 5.47. The Morgan fingerprint density at radius 1 is 1.23 bits per heavy atom. The van der Waals surface area contributed by atoms with Crippen LogP contribution in [0.5, 0.6) is 17.5 Å². The van der Waals surface area contributed by atoms with Crippen molar-refractivity contribution in [2.75, 3.05) is 14.2 Å². The van der Waals surface area contributed by atoms with Crippen LogP contribution in [0, 0.1) is 0 Å². The number of nitrogens with one attached hydrogen (secondary N) is 1. The summed E-state index contributed by atoms with van der Waals surface area (Å²) in [6.07, 6.45) is 1.40. The van der Waals surface area contributed by atoms with Gasteiger partial charge in [-0.25, -0.2) is 13.6 Å². The van der Waals surface area contributed by atoms with Crippen LogP contribution in [0.25, 0.3) is 0 Å². The number of benzene rings is 1. The molecule has 9 nitrogen and oxygen atoms in total. The van der Waals surface area contributed by atoms with Gasteiger partial charge in [0.15, 0.2) is 5.75 Å². The maximum absolute atomic E-state index is 12.2. The molecule has 1 aromatic heterocycles. The van der Waals surface area contributed by atoms with E-state index in [0.29, 0.717) is 17.2 Å². The lowest BCUT2D eigenvalue weighted by molar-refractivity contribution is -0.125. The van der Waals surface area contributed by atoms with E-state index in [0.717, 1.165) is 0 Å². The number of carbonyl (C=O) groups is 1. The summed E-state index contributed by atoms with van der Waals surface area (Å²) in [6, 6.07) is 5.46. The van der Waals surface area contributed by atoms with Crippen LogP contribution < -0.4 is 19.9 Å². The number of aromatic nitrogens is 2. The number of hydrogen-bond acceptors (Lipinski definition) is 7. The number of hydrogen-bond donors (Lipinski definition) is 2. The standard InChI is InChI=1S/C16H20N4O5S/c1-16(2,14(21)18-3)13-12(24-4)9-19-15(20-13)25-10-5-7-11(8-6-10)26(17,22)23/h5-9H,1-4H3,(H,18,21)(H2,17,22,23). The zero-order chi connectivity index (χ0) is 19.5. The Morgan fingerprint density at radius 3 is 2.35 bits per heavy atom. The summed E-state index contributed by atoms with van der Waals surface area (Å²) in [5.74, 6) is 0.403. The second kappa shape index (κ2) is 7.26. The number of likely N-dealkylation sites (N-methyl/N-ethyl adjacent to an activating group) is 1. The molecule has 10 heteroatoms. The third-order valence-corrected chi connectivity index (χ3v) is 4.63. The van der Waals surface area contributed by atoms with Gasteiger partial charge in [0, 0.05) is 7.05 Å². The number of nitrogens with two attached hydrogens (primary N) is 1. The lowest BCUT2D eigenvalue weighted by atomic mass is 9.87. The van der Waals surface area contributed by atoms with Crippen molar-refractivity contribution in [3.05, 3.63) is 36.2 Å². The molecule has 0 bridgehead atoms. The second-order valence-electron chi connectivity index (χ2n) is 5.89. The lowest BCUT2D eigenvalue weighted by Gasteiger charge is -2.23. The van der Waals surface area contributed by atoms with Gasteiger partial charge >= 0.3 is 6.01 Å². The monoisotopic (exact) mass is 380 g/mol. The van der Waals surface area contributed by atoms with Crippen molar-refractivity contribution in [3.63, 3.8) is 0 Å². The minimum atomic E-state index is -3.79. The van der Waals surface area contributed by atoms with Crippen molar-refractivity contribution in [2.45, 2.75) is 24.2 Å². The molecule has 0 aliphatic carbocycles. The highest BCUT2D eigenvalue weighted by atomic mass is 32.2. The summed E-state index contributed by atoms with van der Waals surface area (Å²) >= 11 is 0. The van der Waals surface area contributed by atoms with Gasteiger partial charge in [0.25, 0.3) is 0 Å². The number of sulfonamides is 1. The molecule has 1 aromatic carbocycles. The topological polar surface area (TPSA) is 134 Å². The molecule has 1 heterocycles. The summed E-state index contributed by atoms with van der Waals surface area (Å²) in [4.78, 5) is 20.5. The highest BCUT2D eigenvalue weighted by molar-refractivity contribution is 7.89. The van der Waals surface area contributed by atoms with Crippen LogP contribution in [0.3, 0.4) is 0 Å². The molecule has 0 radical (unpaired) electrons. The van der Waals surface area contributed by atoms with Crippen molar-refractivity contribution in [1.29, 1.82) is 0 Å². The minimum Gasteiger partial charge on any atom is -0.493 e. The van der Waals surface area contributed by atoms with E-state index >= 15 is 0 Å². The molecule has 0 aliphatic rings. The average molecular weight is 380 g/mol. The van der Waals surface area contributed by atoms with E-state index in [1.807, 2.05) is 0 Å². The second-order valence-corrected chi connectivity index (χ2v) is 7.45. The SMILES string of the molecule is CNC(=O)C(C)(C)c1nc(Oc2ccc(S(N)(=O)=O)cc2)ncc1OC. The number of primary sulfonamides is 1. The Bertz CT molecular complexity index is 911. The molecule has 140 valence electrons. The molecule has 0 saturated carbocycles. The first kappa shape index (κ1) is 19.6. The maximum atomic E-state index is 12.2. The van der Waals surface area contributed by atoms with Crippen molar-refractivity contribution in [3.8, 4) is 17.5 Å². The van der Waals surface area contributed by atoms with Crippen LogP contribution in [-0.4, -0.2) is 38.5 Å². The molecule has 0 spiro atoms. The summed E-state index contributed by atoms with van der Waals surface area (Å²) in [7, 11) is -0.805. The van der Waals surface area contributed by atoms with Gasteiger partial charge in [-0.15, -0.1) is 0 Å². The largest absolute Gasteiger partial charge is 0.493 e. The van der Waals surface area contributed by atoms with Crippen molar-refractivity contribution >= 4 is 15.9 Å². The smallest absolute Gasteiger partial charge is 0.322 e. The van der Waals surface area contributed by atoms with Gasteiger partial charge in [0.2, 0.25) is 15.9 Å². The molecular weight excluding hydrogens is 360 g/mol. The predicted molar refractivity (Wildman–Crippen MR) is 93.6 cm³/mol. The average Bonchev–Trinajstić information content (AvgIpc) is 2.60. The number of rotatable bonds is 6. The molecule has 2 aromatic rings. The van der Waals surface area contributed by atoms with E-state index in [-0.39, 0.29) is 16.8 Å². The Morgan fingerprint density at radius 2 is 1.85 bits per heavy atom. The van der Waals surface area contributed by atoms with Crippen LogP contribution in [0.4, 0.5) is 0 Å². The zero-order valence-corrected chi connectivity index (χ0v) is 15.6. The fourth-order valence-electron chi connectivity index (χ4n) is 2.22. The van der Waals surface area contributed by atoms with Gasteiger partial charge in [0.05, 0.1) is 23.6 Å². The molecule has 26 heavy (non-hydrogen) atoms. The summed E-state index contributed by atoms with van der Waals surface area (Å²) in [5, 5.41) is 7.64. The third kappa shape index (κ3) is 4.09. The Labute approximate surface area is 151 Å². The Balaban J connectivity index is 2.37. The van der Waals surface area contributed by atoms with E-state index in [1.165, 1.54) is 44.6 Å². The molecule has 0 fully saturated rings. The molecule has 2 rings (SSSR count). The van der Waals surface area contributed by atoms with E-state index in [4.69, 9.17) is 14.6 Å². The van der Waals surface area contributed by atoms with Gasteiger partial charge in [-0.2, -0.15) is 9.97 Å². The fourth-order valence-corrected chi connectivity index (χ4v) is 2.74. The highest BCUT2D eigenvalue weighted by Gasteiger charge is 2.34. The quantitative estimate of drug-likeness (QED) is 0.762.